The van der Waals surface area contributed by atoms with Gasteiger partial charge in [0, 0.05) is 23.6 Å². The molecular formula is C18H17F3O3. The van der Waals surface area contributed by atoms with Crippen LogP contribution in [0.2, 0.25) is 0 Å². The highest BCUT2D eigenvalue weighted by atomic mass is 19.4. The van der Waals surface area contributed by atoms with Crippen molar-refractivity contribution in [2.24, 2.45) is 0 Å². The third-order valence-electron chi connectivity index (χ3n) is 3.50. The number of hydrogen-bond donors (Lipinski definition) is 1. The van der Waals surface area contributed by atoms with E-state index in [0.717, 1.165) is 31.1 Å². The lowest BCUT2D eigenvalue weighted by molar-refractivity contribution is -0.137. The minimum Gasteiger partial charge on any atom is -0.478 e. The van der Waals surface area contributed by atoms with Crippen LogP contribution in [0.5, 0.6) is 0 Å². The van der Waals surface area contributed by atoms with E-state index in [4.69, 9.17) is 9.52 Å². The van der Waals surface area contributed by atoms with E-state index in [2.05, 4.69) is 0 Å². The monoisotopic (exact) mass is 338 g/mol. The summed E-state index contributed by atoms with van der Waals surface area (Å²) in [7, 11) is 0. The van der Waals surface area contributed by atoms with Crippen LogP contribution in [0.1, 0.15) is 36.7 Å². The molecule has 0 spiro atoms. The number of benzene rings is 1. The molecule has 1 N–H and O–H groups in total. The maximum absolute atomic E-state index is 12.6. The van der Waals surface area contributed by atoms with Gasteiger partial charge in [-0.2, -0.15) is 13.2 Å². The first kappa shape index (κ1) is 17.8. The number of alkyl halides is 3. The van der Waals surface area contributed by atoms with Crippen LogP contribution in [-0.2, 0) is 17.4 Å². The van der Waals surface area contributed by atoms with Crippen LogP contribution in [-0.4, -0.2) is 11.1 Å². The Labute approximate surface area is 137 Å². The molecule has 1 aromatic carbocycles. The highest BCUT2D eigenvalue weighted by Crippen LogP contribution is 2.32. The first-order valence-corrected chi connectivity index (χ1v) is 7.52. The molecule has 0 saturated heterocycles. The van der Waals surface area contributed by atoms with Gasteiger partial charge in [0.05, 0.1) is 5.56 Å². The van der Waals surface area contributed by atoms with Gasteiger partial charge < -0.3 is 9.52 Å². The van der Waals surface area contributed by atoms with Crippen LogP contribution < -0.4 is 0 Å². The van der Waals surface area contributed by atoms with E-state index in [0.29, 0.717) is 29.1 Å². The Morgan fingerprint density at radius 3 is 2.46 bits per heavy atom. The fourth-order valence-electron chi connectivity index (χ4n) is 2.24. The van der Waals surface area contributed by atoms with E-state index in [-0.39, 0.29) is 0 Å². The maximum atomic E-state index is 12.6. The molecule has 6 heteroatoms. The van der Waals surface area contributed by atoms with Crippen LogP contribution in [0.15, 0.2) is 40.8 Å². The van der Waals surface area contributed by atoms with Crippen molar-refractivity contribution in [3.63, 3.8) is 0 Å². The van der Waals surface area contributed by atoms with E-state index in [1.54, 1.807) is 6.07 Å². The van der Waals surface area contributed by atoms with Crippen molar-refractivity contribution in [2.75, 3.05) is 0 Å². The summed E-state index contributed by atoms with van der Waals surface area (Å²) in [6, 6.07) is 6.32. The Bertz CT molecular complexity index is 725. The molecule has 0 amide bonds. The van der Waals surface area contributed by atoms with E-state index < -0.39 is 17.7 Å². The topological polar surface area (TPSA) is 50.4 Å². The van der Waals surface area contributed by atoms with Crippen LogP contribution in [0, 0.1) is 0 Å². The van der Waals surface area contributed by atoms with Gasteiger partial charge in [-0.3, -0.25) is 0 Å². The van der Waals surface area contributed by atoms with Gasteiger partial charge in [0.2, 0.25) is 0 Å². The number of carbonyl (C=O) groups is 1. The number of hydrogen-bond acceptors (Lipinski definition) is 2. The summed E-state index contributed by atoms with van der Waals surface area (Å²) in [6.07, 6.45) is 0.507. The SMILES string of the molecule is CCCCc1oc(-c2ccc(C(F)(F)F)cc2)cc1/C=C/C(=O)O. The Hall–Kier alpha value is -2.50. The second-order valence-corrected chi connectivity index (χ2v) is 5.34. The quantitative estimate of drug-likeness (QED) is 0.717. The van der Waals surface area contributed by atoms with Gasteiger partial charge >= 0.3 is 12.1 Å². The van der Waals surface area contributed by atoms with Crippen molar-refractivity contribution in [1.82, 2.24) is 0 Å². The molecule has 0 aliphatic rings. The van der Waals surface area contributed by atoms with Crippen molar-refractivity contribution >= 4 is 12.0 Å². The Morgan fingerprint density at radius 1 is 1.25 bits per heavy atom. The largest absolute Gasteiger partial charge is 0.478 e. The Kier molecular flexibility index (Phi) is 5.49. The fourth-order valence-corrected chi connectivity index (χ4v) is 2.24. The lowest BCUT2D eigenvalue weighted by Crippen LogP contribution is -2.03. The molecular weight excluding hydrogens is 321 g/mol. The smallest absolute Gasteiger partial charge is 0.416 e. The summed E-state index contributed by atoms with van der Waals surface area (Å²) in [4.78, 5) is 10.7. The third kappa shape index (κ3) is 4.50. The van der Waals surface area contributed by atoms with Gasteiger partial charge in [-0.1, -0.05) is 25.5 Å². The molecule has 2 aromatic rings. The standard InChI is InChI=1S/C18H17F3O3/c1-2-3-4-15-13(7-10-17(22)23)11-16(24-15)12-5-8-14(9-6-12)18(19,20)21/h5-11H,2-4H2,1H3,(H,22,23)/b10-7+. The summed E-state index contributed by atoms with van der Waals surface area (Å²) in [5.41, 5.74) is 0.409. The highest BCUT2D eigenvalue weighted by Gasteiger charge is 2.30. The van der Waals surface area contributed by atoms with Crippen LogP contribution >= 0.6 is 0 Å². The second kappa shape index (κ2) is 7.38. The van der Waals surface area contributed by atoms with Gasteiger partial charge in [0.1, 0.15) is 11.5 Å². The molecule has 1 aromatic heterocycles. The number of rotatable bonds is 6. The van der Waals surface area contributed by atoms with Crippen LogP contribution in [0.4, 0.5) is 13.2 Å². The highest BCUT2D eigenvalue weighted by molar-refractivity contribution is 5.85. The predicted molar refractivity (Wildman–Crippen MR) is 84.4 cm³/mol. The van der Waals surface area contributed by atoms with E-state index in [9.17, 15) is 18.0 Å². The van der Waals surface area contributed by atoms with Gasteiger partial charge in [-0.05, 0) is 30.7 Å². The summed E-state index contributed by atoms with van der Waals surface area (Å²) >= 11 is 0. The molecule has 0 aliphatic carbocycles. The first-order valence-electron chi connectivity index (χ1n) is 7.52. The molecule has 0 unspecified atom stereocenters. The zero-order valence-electron chi connectivity index (χ0n) is 13.1. The Balaban J connectivity index is 2.34. The summed E-state index contributed by atoms with van der Waals surface area (Å²) in [5, 5.41) is 8.75. The number of halogens is 3. The third-order valence-corrected chi connectivity index (χ3v) is 3.50. The minimum atomic E-state index is -4.39. The van der Waals surface area contributed by atoms with Crippen LogP contribution in [0.3, 0.4) is 0 Å². The average Bonchev–Trinajstić information content (AvgIpc) is 2.93. The van der Waals surface area contributed by atoms with Gasteiger partial charge in [-0.25, -0.2) is 4.79 Å². The summed E-state index contributed by atoms with van der Waals surface area (Å²) in [6.45, 7) is 2.02. The van der Waals surface area contributed by atoms with E-state index in [1.807, 2.05) is 6.92 Å². The zero-order valence-corrected chi connectivity index (χ0v) is 13.1. The average molecular weight is 338 g/mol. The molecule has 0 atom stereocenters. The van der Waals surface area contributed by atoms with Crippen LogP contribution in [0.25, 0.3) is 17.4 Å². The van der Waals surface area contributed by atoms with Crippen molar-refractivity contribution in [1.29, 1.82) is 0 Å². The predicted octanol–water partition coefficient (Wildman–Crippen LogP) is 5.41. The van der Waals surface area contributed by atoms with Crippen molar-refractivity contribution < 1.29 is 27.5 Å². The lowest BCUT2D eigenvalue weighted by atomic mass is 10.1. The molecule has 3 nitrogen and oxygen atoms in total. The lowest BCUT2D eigenvalue weighted by Gasteiger charge is -2.06. The van der Waals surface area contributed by atoms with E-state index >= 15 is 0 Å². The van der Waals surface area contributed by atoms with Gasteiger partial charge in [-0.15, -0.1) is 0 Å². The van der Waals surface area contributed by atoms with Gasteiger partial charge in [0.25, 0.3) is 0 Å². The van der Waals surface area contributed by atoms with Gasteiger partial charge in [0.15, 0.2) is 0 Å². The molecule has 0 aliphatic heterocycles. The molecule has 128 valence electrons. The molecule has 2 rings (SSSR count). The first-order chi connectivity index (χ1) is 11.3. The summed E-state index contributed by atoms with van der Waals surface area (Å²) < 4.78 is 43.6. The second-order valence-electron chi connectivity index (χ2n) is 5.34. The number of aryl methyl sites for hydroxylation is 1. The number of aliphatic carboxylic acids is 1. The van der Waals surface area contributed by atoms with Crippen molar-refractivity contribution in [3.8, 4) is 11.3 Å². The van der Waals surface area contributed by atoms with Crippen molar-refractivity contribution in [3.05, 3.63) is 53.3 Å². The van der Waals surface area contributed by atoms with Crippen molar-refractivity contribution in [2.45, 2.75) is 32.4 Å². The molecule has 1 heterocycles. The minimum absolute atomic E-state index is 0.417. The number of carboxylic acid groups (broad SMARTS) is 1. The molecule has 0 saturated carbocycles. The maximum Gasteiger partial charge on any atom is 0.416 e. The molecule has 0 radical (unpaired) electrons. The molecule has 24 heavy (non-hydrogen) atoms. The summed E-state index contributed by atoms with van der Waals surface area (Å²) in [5.74, 6) is -0.0298. The fraction of sp³-hybridized carbons (Fsp3) is 0.278. The normalized spacial score (nSPS) is 12.0. The van der Waals surface area contributed by atoms with E-state index in [1.165, 1.54) is 18.2 Å². The molecule has 0 fully saturated rings. The zero-order chi connectivity index (χ0) is 17.7. The Morgan fingerprint density at radius 2 is 1.92 bits per heavy atom. The number of carboxylic acids is 1. The number of unbranched alkanes of at least 4 members (excludes halogenated alkanes) is 1. The molecule has 0 bridgehead atoms. The number of furan rings is 1.